The number of ketones is 1. The van der Waals surface area contributed by atoms with Gasteiger partial charge in [0.1, 0.15) is 6.61 Å². The maximum Gasteiger partial charge on any atom is 0.414 e. The van der Waals surface area contributed by atoms with Gasteiger partial charge in [0.2, 0.25) is 0 Å². The molecule has 0 aliphatic rings. The Labute approximate surface area is 88.7 Å². The van der Waals surface area contributed by atoms with Crippen LogP contribution in [0.1, 0.15) is 16.6 Å². The monoisotopic (exact) mass is 238 g/mol. The van der Waals surface area contributed by atoms with Crippen LogP contribution in [0.5, 0.6) is 0 Å². The molecule has 0 saturated heterocycles. The Bertz CT molecular complexity index is 319. The molecular formula is C9H9F3O2S. The highest BCUT2D eigenvalue weighted by Crippen LogP contribution is 2.22. The lowest BCUT2D eigenvalue weighted by atomic mass is 10.3. The summed E-state index contributed by atoms with van der Waals surface area (Å²) in [5.74, 6) is -0.430. The van der Waals surface area contributed by atoms with Crippen molar-refractivity contribution in [2.24, 2.45) is 0 Å². The second-order valence-electron chi connectivity index (χ2n) is 2.90. The van der Waals surface area contributed by atoms with Gasteiger partial charge < -0.3 is 4.74 Å². The molecule has 0 amide bonds. The van der Waals surface area contributed by atoms with Crippen molar-refractivity contribution in [2.45, 2.75) is 19.2 Å². The number of ether oxygens (including phenoxy) is 1. The van der Waals surface area contributed by atoms with E-state index in [1.165, 1.54) is 11.3 Å². The lowest BCUT2D eigenvalue weighted by Crippen LogP contribution is -2.30. The Morgan fingerprint density at radius 2 is 2.27 bits per heavy atom. The van der Waals surface area contributed by atoms with Crippen molar-refractivity contribution in [3.8, 4) is 0 Å². The first-order valence-electron chi connectivity index (χ1n) is 4.16. The Kier molecular flexibility index (Phi) is 3.87. The van der Waals surface area contributed by atoms with Gasteiger partial charge in [0, 0.05) is 0 Å². The molecule has 0 aromatic carbocycles. The number of carbonyl (C=O) groups is 1. The second kappa shape index (κ2) is 4.76. The molecule has 2 nitrogen and oxygen atoms in total. The van der Waals surface area contributed by atoms with Crippen molar-refractivity contribution in [2.75, 3.05) is 6.61 Å². The van der Waals surface area contributed by atoms with E-state index in [-0.39, 0.29) is 0 Å². The summed E-state index contributed by atoms with van der Waals surface area (Å²) in [6, 6.07) is 3.21. The molecule has 0 radical (unpaired) electrons. The van der Waals surface area contributed by atoms with Crippen molar-refractivity contribution in [3.63, 3.8) is 0 Å². The first kappa shape index (κ1) is 12.2. The van der Waals surface area contributed by atoms with Crippen LogP contribution < -0.4 is 0 Å². The number of hydrogen-bond acceptors (Lipinski definition) is 3. The highest BCUT2D eigenvalue weighted by molar-refractivity contribution is 7.12. The van der Waals surface area contributed by atoms with E-state index in [1.54, 1.807) is 17.5 Å². The molecule has 0 spiro atoms. The lowest BCUT2D eigenvalue weighted by molar-refractivity contribution is -0.210. The average Bonchev–Trinajstić information content (AvgIpc) is 2.64. The van der Waals surface area contributed by atoms with Crippen LogP contribution in [0.4, 0.5) is 13.2 Å². The van der Waals surface area contributed by atoms with Gasteiger partial charge in [0.25, 0.3) is 0 Å². The Morgan fingerprint density at radius 1 is 1.60 bits per heavy atom. The minimum absolute atomic E-state index is 0.407. The maximum absolute atomic E-state index is 12.0. The number of hydrogen-bond donors (Lipinski definition) is 0. The Morgan fingerprint density at radius 3 is 2.73 bits per heavy atom. The third-order valence-electron chi connectivity index (χ3n) is 1.72. The molecule has 0 saturated carbocycles. The molecule has 1 aromatic heterocycles. The number of alkyl halides is 3. The van der Waals surface area contributed by atoms with Gasteiger partial charge in [0.05, 0.1) is 4.88 Å². The minimum atomic E-state index is -4.42. The first-order valence-corrected chi connectivity index (χ1v) is 5.04. The predicted octanol–water partition coefficient (Wildman–Crippen LogP) is 2.90. The number of Topliss-reactive ketones (excluding diaryl/α,β-unsaturated/α-hetero) is 1. The zero-order chi connectivity index (χ0) is 11.5. The fourth-order valence-corrected chi connectivity index (χ4v) is 1.45. The van der Waals surface area contributed by atoms with Crippen LogP contribution in [0, 0.1) is 0 Å². The Hall–Kier alpha value is -0.880. The molecule has 0 N–H and O–H groups in total. The van der Waals surface area contributed by atoms with E-state index in [0.29, 0.717) is 4.88 Å². The predicted molar refractivity (Wildman–Crippen MR) is 50.1 cm³/mol. The number of halogens is 3. The fraction of sp³-hybridized carbons (Fsp3) is 0.444. The fourth-order valence-electron chi connectivity index (χ4n) is 0.804. The highest BCUT2D eigenvalue weighted by atomic mass is 32.1. The van der Waals surface area contributed by atoms with E-state index in [2.05, 4.69) is 4.74 Å². The van der Waals surface area contributed by atoms with Crippen LogP contribution >= 0.6 is 11.3 Å². The van der Waals surface area contributed by atoms with Crippen molar-refractivity contribution in [1.82, 2.24) is 0 Å². The summed E-state index contributed by atoms with van der Waals surface area (Å²) >= 11 is 1.18. The molecule has 6 heteroatoms. The van der Waals surface area contributed by atoms with Crippen LogP contribution in [0.15, 0.2) is 17.5 Å². The zero-order valence-electron chi connectivity index (χ0n) is 7.88. The zero-order valence-corrected chi connectivity index (χ0v) is 8.69. The molecule has 0 bridgehead atoms. The third-order valence-corrected chi connectivity index (χ3v) is 2.63. The topological polar surface area (TPSA) is 26.3 Å². The quantitative estimate of drug-likeness (QED) is 0.754. The maximum atomic E-state index is 12.0. The molecular weight excluding hydrogens is 229 g/mol. The summed E-state index contributed by atoms with van der Waals surface area (Å²) in [6.45, 7) is 0.336. The molecule has 84 valence electrons. The second-order valence-corrected chi connectivity index (χ2v) is 3.84. The van der Waals surface area contributed by atoms with E-state index in [1.807, 2.05) is 0 Å². The molecule has 1 rings (SSSR count). The smallest absolute Gasteiger partial charge is 0.361 e. The number of thiophene rings is 1. The van der Waals surface area contributed by atoms with Crippen LogP contribution in [0.3, 0.4) is 0 Å². The lowest BCUT2D eigenvalue weighted by Gasteiger charge is -2.15. The molecule has 0 fully saturated rings. The van der Waals surface area contributed by atoms with Crippen molar-refractivity contribution in [3.05, 3.63) is 22.4 Å². The highest BCUT2D eigenvalue weighted by Gasteiger charge is 2.37. The summed E-state index contributed by atoms with van der Waals surface area (Å²) in [5.41, 5.74) is 0. The van der Waals surface area contributed by atoms with Crippen LogP contribution in [-0.2, 0) is 4.74 Å². The summed E-state index contributed by atoms with van der Waals surface area (Å²) in [5, 5.41) is 1.68. The van der Waals surface area contributed by atoms with Gasteiger partial charge in [0.15, 0.2) is 11.9 Å². The standard InChI is InChI=1S/C9H9F3O2S/c1-6(9(10,11)12)14-5-7(13)8-3-2-4-15-8/h2-4,6H,5H2,1H3. The van der Waals surface area contributed by atoms with E-state index in [4.69, 9.17) is 0 Å². The third kappa shape index (κ3) is 3.64. The molecule has 1 aromatic rings. The molecule has 0 aliphatic carbocycles. The van der Waals surface area contributed by atoms with Gasteiger partial charge in [-0.3, -0.25) is 4.79 Å². The van der Waals surface area contributed by atoms with E-state index in [9.17, 15) is 18.0 Å². The average molecular weight is 238 g/mol. The SMILES string of the molecule is CC(OCC(=O)c1cccs1)C(F)(F)F. The van der Waals surface area contributed by atoms with Gasteiger partial charge in [-0.05, 0) is 18.4 Å². The van der Waals surface area contributed by atoms with Gasteiger partial charge in [-0.2, -0.15) is 13.2 Å². The van der Waals surface area contributed by atoms with E-state index < -0.39 is 24.7 Å². The Balaban J connectivity index is 2.42. The van der Waals surface area contributed by atoms with Crippen LogP contribution in [0.2, 0.25) is 0 Å². The normalized spacial score (nSPS) is 13.9. The summed E-state index contributed by atoms with van der Waals surface area (Å²) in [7, 11) is 0. The van der Waals surface area contributed by atoms with Gasteiger partial charge >= 0.3 is 6.18 Å². The van der Waals surface area contributed by atoms with Crippen molar-refractivity contribution >= 4 is 17.1 Å². The minimum Gasteiger partial charge on any atom is -0.361 e. The van der Waals surface area contributed by atoms with Crippen molar-refractivity contribution < 1.29 is 22.7 Å². The van der Waals surface area contributed by atoms with E-state index in [0.717, 1.165) is 6.92 Å². The molecule has 1 heterocycles. The van der Waals surface area contributed by atoms with Crippen molar-refractivity contribution in [1.29, 1.82) is 0 Å². The largest absolute Gasteiger partial charge is 0.414 e. The van der Waals surface area contributed by atoms with Gasteiger partial charge in [-0.15, -0.1) is 11.3 Å². The number of carbonyl (C=O) groups excluding carboxylic acids is 1. The van der Waals surface area contributed by atoms with E-state index >= 15 is 0 Å². The summed E-state index contributed by atoms with van der Waals surface area (Å²) < 4.78 is 40.4. The molecule has 1 atom stereocenters. The van der Waals surface area contributed by atoms with Crippen LogP contribution in [0.25, 0.3) is 0 Å². The van der Waals surface area contributed by atoms with Gasteiger partial charge in [-0.25, -0.2) is 0 Å². The number of rotatable bonds is 4. The van der Waals surface area contributed by atoms with Crippen LogP contribution in [-0.4, -0.2) is 24.7 Å². The van der Waals surface area contributed by atoms with Gasteiger partial charge in [-0.1, -0.05) is 6.07 Å². The summed E-state index contributed by atoms with van der Waals surface area (Å²) in [4.78, 5) is 11.7. The molecule has 1 unspecified atom stereocenters. The first-order chi connectivity index (χ1) is 6.91. The molecule has 0 aliphatic heterocycles. The summed E-state index contributed by atoms with van der Waals surface area (Å²) in [6.07, 6.45) is -6.34. The molecule has 15 heavy (non-hydrogen) atoms.